The molecule has 202 valence electrons. The fraction of sp³-hybridized carbons (Fsp3) is 0.667. The molecule has 3 heterocycles. The molecule has 36 heavy (non-hydrogen) atoms. The number of hydrogen-bond acceptors (Lipinski definition) is 12. The smallest absolute Gasteiger partial charge is 0.368 e. The molecule has 2 fully saturated rings. The first-order chi connectivity index (χ1) is 16.6. The molecule has 0 amide bonds. The Bertz CT molecular complexity index is 1270. The van der Waals surface area contributed by atoms with E-state index in [1.54, 1.807) is 4.57 Å². The predicted molar refractivity (Wildman–Crippen MR) is 119 cm³/mol. The second-order valence-electron chi connectivity index (χ2n) is 8.25. The number of ether oxygens (including phenoxy) is 1. The Hall–Kier alpha value is -1.55. The van der Waals surface area contributed by atoms with E-state index in [2.05, 4.69) is 28.1 Å². The predicted octanol–water partition coefficient (Wildman–Crippen LogP) is 0.846. The number of nitrogen functional groups attached to an aromatic ring is 1. The first-order valence-corrected chi connectivity index (χ1v) is 14.9. The zero-order valence-corrected chi connectivity index (χ0v) is 21.3. The second-order valence-corrected chi connectivity index (χ2v) is 12.7. The number of fused-ring (bicyclic) bond motifs is 1. The zero-order valence-electron chi connectivity index (χ0n) is 18.6. The van der Waals surface area contributed by atoms with Gasteiger partial charge in [-0.3, -0.25) is 4.52 Å². The number of nitrogens with zero attached hydrogens (tertiary/aromatic N) is 5. The van der Waals surface area contributed by atoms with E-state index < -0.39 is 48.5 Å². The van der Waals surface area contributed by atoms with Crippen LogP contribution in [0.2, 0.25) is 0 Å². The Labute approximate surface area is 202 Å². The lowest BCUT2D eigenvalue weighted by atomic mass is 10.1. The van der Waals surface area contributed by atoms with Crippen molar-refractivity contribution < 1.29 is 55.5 Å². The number of nitrogens with two attached hydrogens (primary N) is 1. The van der Waals surface area contributed by atoms with Crippen molar-refractivity contribution in [1.29, 1.82) is 0 Å². The average Bonchev–Trinajstić information content (AvgIpc) is 3.41. The van der Waals surface area contributed by atoms with Gasteiger partial charge in [0.1, 0.15) is 12.3 Å². The van der Waals surface area contributed by atoms with Gasteiger partial charge in [0.2, 0.25) is 5.95 Å². The lowest BCUT2D eigenvalue weighted by Crippen LogP contribution is -2.25. The maximum atomic E-state index is 14.7. The van der Waals surface area contributed by atoms with Crippen molar-refractivity contribution in [2.45, 2.75) is 50.2 Å². The number of imidazole rings is 1. The summed E-state index contributed by atoms with van der Waals surface area (Å²) in [5.74, 6) is 0.571. The van der Waals surface area contributed by atoms with E-state index in [9.17, 15) is 27.9 Å². The first kappa shape index (κ1) is 27.5. The molecule has 4 unspecified atom stereocenters. The molecule has 1 aliphatic carbocycles. The van der Waals surface area contributed by atoms with Crippen LogP contribution >= 0.6 is 23.5 Å². The molecule has 4 rings (SSSR count). The van der Waals surface area contributed by atoms with Crippen LogP contribution in [-0.4, -0.2) is 77.2 Å². The summed E-state index contributed by atoms with van der Waals surface area (Å²) in [7, 11) is -14.6. The molecule has 1 saturated carbocycles. The normalized spacial score (nSPS) is 26.1. The van der Waals surface area contributed by atoms with Gasteiger partial charge in [-0.05, 0) is 12.8 Å². The molecule has 1 saturated heterocycles. The molecule has 0 aromatic carbocycles. The summed E-state index contributed by atoms with van der Waals surface area (Å²) in [6, 6.07) is 0.330. The quantitative estimate of drug-likeness (QED) is 0.233. The van der Waals surface area contributed by atoms with Crippen molar-refractivity contribution in [1.82, 2.24) is 19.5 Å². The third-order valence-electron chi connectivity index (χ3n) is 5.37. The van der Waals surface area contributed by atoms with Gasteiger partial charge in [0, 0.05) is 19.5 Å². The van der Waals surface area contributed by atoms with Crippen molar-refractivity contribution in [2.24, 2.45) is 0 Å². The molecule has 0 radical (unpaired) electrons. The fourth-order valence-electron chi connectivity index (χ4n) is 3.69. The van der Waals surface area contributed by atoms with Crippen molar-refractivity contribution in [3.8, 4) is 0 Å². The highest BCUT2D eigenvalue weighted by Gasteiger charge is 2.42. The topological polar surface area (TPSA) is 242 Å². The van der Waals surface area contributed by atoms with Gasteiger partial charge in [0.05, 0.1) is 25.6 Å². The molecular weight excluding hydrogens is 552 g/mol. The third-order valence-corrected chi connectivity index (χ3v) is 9.17. The maximum absolute atomic E-state index is 14.7. The van der Waals surface area contributed by atoms with E-state index >= 15 is 0 Å². The number of phosphoric ester groups is 1. The molecule has 2 aliphatic rings. The molecule has 5 atom stereocenters. The van der Waals surface area contributed by atoms with E-state index in [0.29, 0.717) is 23.0 Å². The van der Waals surface area contributed by atoms with E-state index in [4.69, 9.17) is 20.3 Å². The van der Waals surface area contributed by atoms with Crippen LogP contribution in [-0.2, 0) is 38.1 Å². The molecular formula is C15H24FN6O11P3. The van der Waals surface area contributed by atoms with E-state index in [1.807, 2.05) is 11.9 Å². The van der Waals surface area contributed by atoms with Gasteiger partial charge in [0.15, 0.2) is 17.0 Å². The SMILES string of the molecule is CN(c1nc(N)nc2c1ncn2CC1OC(COP(=O)(O)OP(=O)(O)OP(=O)(O)O)C[C@@H]1F)C1CC1. The van der Waals surface area contributed by atoms with Gasteiger partial charge < -0.3 is 39.5 Å². The largest absolute Gasteiger partial charge is 0.490 e. The van der Waals surface area contributed by atoms with Crippen molar-refractivity contribution in [3.63, 3.8) is 0 Å². The highest BCUT2D eigenvalue weighted by molar-refractivity contribution is 7.66. The molecule has 6 N–H and O–H groups in total. The lowest BCUT2D eigenvalue weighted by molar-refractivity contribution is -0.00552. The molecule has 21 heteroatoms. The summed E-state index contributed by atoms with van der Waals surface area (Å²) in [4.78, 5) is 50.6. The van der Waals surface area contributed by atoms with Crippen LogP contribution in [0.3, 0.4) is 0 Å². The van der Waals surface area contributed by atoms with Crippen molar-refractivity contribution in [3.05, 3.63) is 6.33 Å². The summed E-state index contributed by atoms with van der Waals surface area (Å²) in [5, 5.41) is 0. The first-order valence-electron chi connectivity index (χ1n) is 10.4. The van der Waals surface area contributed by atoms with Crippen LogP contribution in [0.4, 0.5) is 16.2 Å². The number of anilines is 2. The molecule has 17 nitrogen and oxygen atoms in total. The van der Waals surface area contributed by atoms with Gasteiger partial charge >= 0.3 is 23.5 Å². The van der Waals surface area contributed by atoms with Gasteiger partial charge in [-0.15, -0.1) is 0 Å². The average molecular weight is 576 g/mol. The molecule has 0 spiro atoms. The molecule has 2 aromatic rings. The Morgan fingerprint density at radius 3 is 2.53 bits per heavy atom. The van der Waals surface area contributed by atoms with Gasteiger partial charge in [-0.1, -0.05) is 0 Å². The molecule has 0 bridgehead atoms. The number of alkyl halides is 1. The van der Waals surface area contributed by atoms with Crippen LogP contribution < -0.4 is 10.6 Å². The number of halogens is 1. The van der Waals surface area contributed by atoms with Crippen LogP contribution in [0.1, 0.15) is 19.3 Å². The monoisotopic (exact) mass is 576 g/mol. The minimum atomic E-state index is -5.65. The number of phosphoric acid groups is 3. The summed E-state index contributed by atoms with van der Waals surface area (Å²) in [6.45, 7) is -0.775. The van der Waals surface area contributed by atoms with Crippen LogP contribution in [0.25, 0.3) is 11.2 Å². The Kier molecular flexibility index (Phi) is 7.61. The van der Waals surface area contributed by atoms with E-state index in [0.717, 1.165) is 12.8 Å². The standard InChI is InChI=1S/C15H24FN6O11P3/c1-21(8-2-3-8)13-12-14(20-15(17)19-13)22(7-18-12)5-11-10(16)4-9(31-11)6-30-35(26,27)33-36(28,29)32-34(23,24)25/h7-11H,2-6H2,1H3,(H,26,27)(H,28,29)(H2,17,19,20)(H2,23,24,25)/t9?,10-,11?/m0/s1. The Morgan fingerprint density at radius 2 is 1.89 bits per heavy atom. The molecule has 1 aliphatic heterocycles. The number of aromatic nitrogens is 4. The Morgan fingerprint density at radius 1 is 1.19 bits per heavy atom. The third kappa shape index (κ3) is 6.85. The van der Waals surface area contributed by atoms with Gasteiger partial charge in [-0.25, -0.2) is 23.1 Å². The minimum Gasteiger partial charge on any atom is -0.368 e. The van der Waals surface area contributed by atoms with Crippen LogP contribution in [0.15, 0.2) is 6.33 Å². The summed E-state index contributed by atoms with van der Waals surface area (Å²) >= 11 is 0. The van der Waals surface area contributed by atoms with Crippen LogP contribution in [0.5, 0.6) is 0 Å². The number of hydrogen-bond donors (Lipinski definition) is 5. The lowest BCUT2D eigenvalue weighted by Gasteiger charge is -2.19. The Balaban J connectivity index is 1.38. The minimum absolute atomic E-state index is 0.0183. The zero-order chi connectivity index (χ0) is 26.5. The summed E-state index contributed by atoms with van der Waals surface area (Å²) in [6.07, 6.45) is -0.380. The van der Waals surface area contributed by atoms with E-state index in [-0.39, 0.29) is 18.9 Å². The van der Waals surface area contributed by atoms with Gasteiger partial charge in [-0.2, -0.15) is 18.6 Å². The van der Waals surface area contributed by atoms with Crippen molar-refractivity contribution >= 4 is 46.4 Å². The highest BCUT2D eigenvalue weighted by atomic mass is 31.3. The van der Waals surface area contributed by atoms with Gasteiger partial charge in [0.25, 0.3) is 0 Å². The molecule has 2 aromatic heterocycles. The van der Waals surface area contributed by atoms with Crippen molar-refractivity contribution in [2.75, 3.05) is 24.3 Å². The summed E-state index contributed by atoms with van der Waals surface area (Å²) in [5.41, 5.74) is 6.72. The second kappa shape index (κ2) is 9.97. The van der Waals surface area contributed by atoms with E-state index in [1.165, 1.54) is 6.33 Å². The summed E-state index contributed by atoms with van der Waals surface area (Å²) < 4.78 is 67.5. The maximum Gasteiger partial charge on any atom is 0.490 e. The fourth-order valence-corrected chi connectivity index (χ4v) is 6.74. The van der Waals surface area contributed by atoms with Crippen LogP contribution in [0, 0.1) is 0 Å². The highest BCUT2D eigenvalue weighted by Crippen LogP contribution is 2.66. The number of rotatable bonds is 11.